The Bertz CT molecular complexity index is 785. The summed E-state index contributed by atoms with van der Waals surface area (Å²) in [6.45, 7) is 2.54. The van der Waals surface area contributed by atoms with Crippen LogP contribution in [0.5, 0.6) is 0 Å². The van der Waals surface area contributed by atoms with Crippen LogP contribution in [0.25, 0.3) is 10.8 Å². The first-order valence-corrected chi connectivity index (χ1v) is 9.16. The summed E-state index contributed by atoms with van der Waals surface area (Å²) >= 11 is 0. The summed E-state index contributed by atoms with van der Waals surface area (Å²) in [7, 11) is 0. The third-order valence-electron chi connectivity index (χ3n) is 4.82. The standard InChI is InChI=1S/C20H27N5O/c21-20(22)23-10-3-6-18-14-25(19(26)13-24-18)11-9-15-7-8-16-4-1-2-5-17(16)12-15/h1-2,4-5,7-8,12,18,24H,3,6,9-11,13-14H2,(H4,21,22,23). The molecule has 26 heavy (non-hydrogen) atoms. The molecule has 1 atom stereocenters. The van der Waals surface area contributed by atoms with Crippen molar-refractivity contribution in [2.45, 2.75) is 25.3 Å². The van der Waals surface area contributed by atoms with Crippen molar-refractivity contribution in [3.8, 4) is 0 Å². The van der Waals surface area contributed by atoms with Gasteiger partial charge in [-0.3, -0.25) is 9.79 Å². The summed E-state index contributed by atoms with van der Waals surface area (Å²) in [6.07, 6.45) is 2.73. The minimum absolute atomic E-state index is 0.133. The molecule has 0 aliphatic carbocycles. The van der Waals surface area contributed by atoms with Gasteiger partial charge in [-0.25, -0.2) is 0 Å². The molecule has 1 saturated heterocycles. The molecule has 0 bridgehead atoms. The molecule has 6 heteroatoms. The van der Waals surface area contributed by atoms with E-state index in [-0.39, 0.29) is 11.9 Å². The van der Waals surface area contributed by atoms with E-state index < -0.39 is 0 Å². The second-order valence-corrected chi connectivity index (χ2v) is 6.80. The van der Waals surface area contributed by atoms with Gasteiger partial charge in [0.25, 0.3) is 0 Å². The van der Waals surface area contributed by atoms with Crippen LogP contribution in [-0.4, -0.2) is 49.0 Å². The predicted molar refractivity (Wildman–Crippen MR) is 106 cm³/mol. The van der Waals surface area contributed by atoms with Crippen molar-refractivity contribution in [3.63, 3.8) is 0 Å². The van der Waals surface area contributed by atoms with Gasteiger partial charge in [0.1, 0.15) is 0 Å². The molecular weight excluding hydrogens is 326 g/mol. The zero-order chi connectivity index (χ0) is 18.4. The van der Waals surface area contributed by atoms with Gasteiger partial charge in [-0.15, -0.1) is 0 Å². The summed E-state index contributed by atoms with van der Waals surface area (Å²) in [6, 6.07) is 15.2. The van der Waals surface area contributed by atoms with E-state index in [9.17, 15) is 4.79 Å². The zero-order valence-electron chi connectivity index (χ0n) is 15.0. The number of aliphatic imine (C=N–C) groups is 1. The maximum atomic E-state index is 12.2. The summed E-state index contributed by atoms with van der Waals surface area (Å²) in [5.41, 5.74) is 11.9. The van der Waals surface area contributed by atoms with Gasteiger partial charge in [0.2, 0.25) is 5.91 Å². The predicted octanol–water partition coefficient (Wildman–Crippen LogP) is 1.24. The molecule has 5 N–H and O–H groups in total. The van der Waals surface area contributed by atoms with Crippen LogP contribution in [0.2, 0.25) is 0 Å². The van der Waals surface area contributed by atoms with Gasteiger partial charge in [-0.05, 0) is 35.6 Å². The number of fused-ring (bicyclic) bond motifs is 1. The van der Waals surface area contributed by atoms with Crippen molar-refractivity contribution < 1.29 is 4.79 Å². The van der Waals surface area contributed by atoms with Crippen molar-refractivity contribution in [1.29, 1.82) is 0 Å². The molecule has 1 aliphatic heterocycles. The van der Waals surface area contributed by atoms with Gasteiger partial charge in [0, 0.05) is 25.7 Å². The van der Waals surface area contributed by atoms with Crippen LogP contribution < -0.4 is 16.8 Å². The molecular formula is C20H27N5O. The minimum Gasteiger partial charge on any atom is -0.370 e. The van der Waals surface area contributed by atoms with Crippen LogP contribution in [0.15, 0.2) is 47.5 Å². The van der Waals surface area contributed by atoms with E-state index in [4.69, 9.17) is 11.5 Å². The van der Waals surface area contributed by atoms with Gasteiger partial charge in [0.15, 0.2) is 5.96 Å². The molecule has 1 fully saturated rings. The highest BCUT2D eigenvalue weighted by Gasteiger charge is 2.24. The van der Waals surface area contributed by atoms with E-state index in [1.165, 1.54) is 16.3 Å². The topological polar surface area (TPSA) is 96.7 Å². The average Bonchev–Trinajstić information content (AvgIpc) is 2.65. The summed E-state index contributed by atoms with van der Waals surface area (Å²) in [5.74, 6) is 0.306. The van der Waals surface area contributed by atoms with Crippen molar-refractivity contribution in [2.75, 3.05) is 26.2 Å². The highest BCUT2D eigenvalue weighted by atomic mass is 16.2. The SMILES string of the molecule is NC(N)=NCCCC1CN(CCc2ccc3ccccc3c2)C(=O)CN1. The molecule has 2 aromatic carbocycles. The fraction of sp³-hybridized carbons (Fsp3) is 0.400. The Morgan fingerprint density at radius 3 is 2.81 bits per heavy atom. The van der Waals surface area contributed by atoms with Crippen molar-refractivity contribution in [1.82, 2.24) is 10.2 Å². The highest BCUT2D eigenvalue weighted by molar-refractivity contribution is 5.83. The zero-order valence-corrected chi connectivity index (χ0v) is 15.0. The molecule has 0 saturated carbocycles. The van der Waals surface area contributed by atoms with Crippen LogP contribution in [0.4, 0.5) is 0 Å². The van der Waals surface area contributed by atoms with E-state index in [1.807, 2.05) is 4.90 Å². The molecule has 1 unspecified atom stereocenters. The monoisotopic (exact) mass is 353 g/mol. The van der Waals surface area contributed by atoms with Gasteiger partial charge < -0.3 is 21.7 Å². The number of hydrogen-bond donors (Lipinski definition) is 3. The van der Waals surface area contributed by atoms with E-state index in [0.29, 0.717) is 19.1 Å². The Labute approximate surface area is 154 Å². The first kappa shape index (κ1) is 18.2. The van der Waals surface area contributed by atoms with Gasteiger partial charge >= 0.3 is 0 Å². The average molecular weight is 353 g/mol. The fourth-order valence-electron chi connectivity index (χ4n) is 3.39. The molecule has 1 amide bonds. The second-order valence-electron chi connectivity index (χ2n) is 6.80. The van der Waals surface area contributed by atoms with Crippen LogP contribution in [0.3, 0.4) is 0 Å². The molecule has 3 rings (SSSR count). The number of piperazine rings is 1. The Morgan fingerprint density at radius 2 is 2.00 bits per heavy atom. The lowest BCUT2D eigenvalue weighted by Gasteiger charge is -2.33. The van der Waals surface area contributed by atoms with Gasteiger partial charge in [0.05, 0.1) is 6.54 Å². The number of nitrogens with one attached hydrogen (secondary N) is 1. The van der Waals surface area contributed by atoms with Crippen LogP contribution in [-0.2, 0) is 11.2 Å². The minimum atomic E-state index is 0.133. The number of hydrogen-bond acceptors (Lipinski definition) is 3. The lowest BCUT2D eigenvalue weighted by Crippen LogP contribution is -2.54. The molecule has 6 nitrogen and oxygen atoms in total. The van der Waals surface area contributed by atoms with Crippen molar-refractivity contribution >= 4 is 22.6 Å². The van der Waals surface area contributed by atoms with E-state index >= 15 is 0 Å². The molecule has 0 aromatic heterocycles. The highest BCUT2D eigenvalue weighted by Crippen LogP contribution is 2.16. The van der Waals surface area contributed by atoms with Crippen LogP contribution in [0.1, 0.15) is 18.4 Å². The number of carbonyl (C=O) groups is 1. The van der Waals surface area contributed by atoms with E-state index in [2.05, 4.69) is 52.8 Å². The van der Waals surface area contributed by atoms with Crippen molar-refractivity contribution in [2.24, 2.45) is 16.5 Å². The third kappa shape index (κ3) is 4.95. The Balaban J connectivity index is 1.52. The summed E-state index contributed by atoms with van der Waals surface area (Å²) in [5, 5.41) is 5.80. The van der Waals surface area contributed by atoms with Gasteiger partial charge in [-0.1, -0.05) is 42.5 Å². The molecule has 2 aromatic rings. The normalized spacial score (nSPS) is 17.5. The number of nitrogens with two attached hydrogens (primary N) is 2. The Morgan fingerprint density at radius 1 is 1.19 bits per heavy atom. The Kier molecular flexibility index (Phi) is 6.07. The lowest BCUT2D eigenvalue weighted by molar-refractivity contribution is -0.133. The lowest BCUT2D eigenvalue weighted by atomic mass is 10.0. The quantitative estimate of drug-likeness (QED) is 0.396. The first-order valence-electron chi connectivity index (χ1n) is 9.16. The number of amides is 1. The first-order chi connectivity index (χ1) is 12.6. The Hall–Kier alpha value is -2.60. The smallest absolute Gasteiger partial charge is 0.236 e. The fourth-order valence-corrected chi connectivity index (χ4v) is 3.39. The van der Waals surface area contributed by atoms with E-state index in [0.717, 1.165) is 32.4 Å². The summed E-state index contributed by atoms with van der Waals surface area (Å²) in [4.78, 5) is 18.2. The van der Waals surface area contributed by atoms with E-state index in [1.54, 1.807) is 0 Å². The molecule has 0 spiro atoms. The molecule has 1 heterocycles. The maximum absolute atomic E-state index is 12.2. The maximum Gasteiger partial charge on any atom is 0.236 e. The van der Waals surface area contributed by atoms with Crippen LogP contribution >= 0.6 is 0 Å². The molecule has 1 aliphatic rings. The second kappa shape index (κ2) is 8.67. The summed E-state index contributed by atoms with van der Waals surface area (Å²) < 4.78 is 0. The number of benzene rings is 2. The largest absolute Gasteiger partial charge is 0.370 e. The number of rotatable bonds is 7. The number of carbonyl (C=O) groups excluding carboxylic acids is 1. The van der Waals surface area contributed by atoms with Gasteiger partial charge in [-0.2, -0.15) is 0 Å². The molecule has 138 valence electrons. The third-order valence-corrected chi connectivity index (χ3v) is 4.82. The molecule has 0 radical (unpaired) electrons. The van der Waals surface area contributed by atoms with Crippen molar-refractivity contribution in [3.05, 3.63) is 48.0 Å². The number of nitrogens with zero attached hydrogens (tertiary/aromatic N) is 2. The number of guanidine groups is 1. The van der Waals surface area contributed by atoms with Crippen LogP contribution in [0, 0.1) is 0 Å².